The summed E-state index contributed by atoms with van der Waals surface area (Å²) < 4.78 is 0. The van der Waals surface area contributed by atoms with Crippen molar-refractivity contribution in [2.75, 3.05) is 11.9 Å². The molecule has 4 nitrogen and oxygen atoms in total. The maximum Gasteiger partial charge on any atom is 0.253 e. The Morgan fingerprint density at radius 2 is 1.68 bits per heavy atom. The summed E-state index contributed by atoms with van der Waals surface area (Å²) in [5.41, 5.74) is 4.55. The third kappa shape index (κ3) is 4.02. The molecule has 0 aliphatic rings. The highest BCUT2D eigenvalue weighted by Gasteiger charge is 2.11. The van der Waals surface area contributed by atoms with Gasteiger partial charge in [-0.1, -0.05) is 41.9 Å². The van der Waals surface area contributed by atoms with Gasteiger partial charge in [-0.15, -0.1) is 0 Å². The van der Waals surface area contributed by atoms with Crippen molar-refractivity contribution in [1.82, 2.24) is 10.3 Å². The highest BCUT2D eigenvalue weighted by atomic mass is 35.5. The number of hydrogen-bond donors (Lipinski definition) is 3. The van der Waals surface area contributed by atoms with Crippen LogP contribution in [0.15, 0.2) is 79.0 Å². The first kappa shape index (κ1) is 18.1. The molecule has 28 heavy (non-hydrogen) atoms. The number of amides is 1. The fraction of sp³-hybridized carbons (Fsp3) is 0.0870. The van der Waals surface area contributed by atoms with Crippen molar-refractivity contribution < 1.29 is 4.79 Å². The van der Waals surface area contributed by atoms with Crippen molar-refractivity contribution in [3.8, 4) is 0 Å². The number of benzene rings is 3. The van der Waals surface area contributed by atoms with E-state index >= 15 is 0 Å². The van der Waals surface area contributed by atoms with E-state index in [1.807, 2.05) is 66.9 Å². The molecule has 5 heteroatoms. The lowest BCUT2D eigenvalue weighted by molar-refractivity contribution is 0.0955. The van der Waals surface area contributed by atoms with Gasteiger partial charge in [-0.25, -0.2) is 0 Å². The molecule has 3 N–H and O–H groups in total. The molecule has 3 aromatic carbocycles. The molecule has 1 heterocycles. The summed E-state index contributed by atoms with van der Waals surface area (Å²) in [6, 6.07) is 23.0. The highest BCUT2D eigenvalue weighted by Crippen LogP contribution is 2.22. The number of anilines is 2. The van der Waals surface area contributed by atoms with Crippen LogP contribution in [0.5, 0.6) is 0 Å². The van der Waals surface area contributed by atoms with E-state index in [4.69, 9.17) is 11.6 Å². The Labute approximate surface area is 168 Å². The summed E-state index contributed by atoms with van der Waals surface area (Å²) in [6.45, 7) is 0.565. The van der Waals surface area contributed by atoms with Gasteiger partial charge in [0, 0.05) is 34.4 Å². The minimum Gasteiger partial charge on any atom is -0.361 e. The van der Waals surface area contributed by atoms with Gasteiger partial charge in [-0.05, 0) is 54.4 Å². The van der Waals surface area contributed by atoms with Gasteiger partial charge < -0.3 is 15.6 Å². The standard InChI is InChI=1S/C23H20ClN3O/c24-17-9-11-18(12-10-17)27-22-8-4-2-6-20(22)23(28)25-14-13-16-15-26-21-7-3-1-5-19(16)21/h1-12,15,26-27H,13-14H2,(H,25,28). The lowest BCUT2D eigenvalue weighted by atomic mass is 10.1. The molecule has 0 atom stereocenters. The Bertz CT molecular complexity index is 1100. The second-order valence-corrected chi connectivity index (χ2v) is 6.98. The molecule has 0 bridgehead atoms. The minimum atomic E-state index is -0.100. The number of rotatable bonds is 6. The predicted molar refractivity (Wildman–Crippen MR) is 116 cm³/mol. The van der Waals surface area contributed by atoms with Gasteiger partial charge in [0.1, 0.15) is 0 Å². The summed E-state index contributed by atoms with van der Waals surface area (Å²) in [5.74, 6) is -0.100. The average Bonchev–Trinajstić information content (AvgIpc) is 3.13. The molecule has 0 saturated carbocycles. The number of halogens is 1. The van der Waals surface area contributed by atoms with E-state index in [0.29, 0.717) is 17.1 Å². The Balaban J connectivity index is 1.42. The molecular weight excluding hydrogens is 370 g/mol. The van der Waals surface area contributed by atoms with Crippen LogP contribution in [0.3, 0.4) is 0 Å². The van der Waals surface area contributed by atoms with E-state index in [2.05, 4.69) is 27.8 Å². The Morgan fingerprint density at radius 1 is 0.929 bits per heavy atom. The highest BCUT2D eigenvalue weighted by molar-refractivity contribution is 6.30. The number of hydrogen-bond acceptors (Lipinski definition) is 2. The molecule has 1 aromatic heterocycles. The number of aromatic amines is 1. The summed E-state index contributed by atoms with van der Waals surface area (Å²) in [7, 11) is 0. The summed E-state index contributed by atoms with van der Waals surface area (Å²) in [6.07, 6.45) is 2.77. The van der Waals surface area contributed by atoms with Crippen molar-refractivity contribution >= 4 is 39.8 Å². The SMILES string of the molecule is O=C(NCCc1c[nH]c2ccccc12)c1ccccc1Nc1ccc(Cl)cc1. The lowest BCUT2D eigenvalue weighted by Gasteiger charge is -2.12. The van der Waals surface area contributed by atoms with Gasteiger partial charge >= 0.3 is 0 Å². The number of H-pyrrole nitrogens is 1. The van der Waals surface area contributed by atoms with Crippen LogP contribution < -0.4 is 10.6 Å². The van der Waals surface area contributed by atoms with E-state index in [0.717, 1.165) is 23.3 Å². The number of fused-ring (bicyclic) bond motifs is 1. The Morgan fingerprint density at radius 3 is 2.54 bits per heavy atom. The fourth-order valence-electron chi connectivity index (χ4n) is 3.22. The minimum absolute atomic E-state index is 0.100. The molecule has 140 valence electrons. The number of aromatic nitrogens is 1. The molecular formula is C23H20ClN3O. The predicted octanol–water partition coefficient (Wildman–Crippen LogP) is 5.54. The first-order chi connectivity index (χ1) is 13.7. The molecule has 0 aliphatic heterocycles. The maximum absolute atomic E-state index is 12.7. The van der Waals surface area contributed by atoms with Crippen LogP contribution in [-0.4, -0.2) is 17.4 Å². The van der Waals surface area contributed by atoms with Crippen molar-refractivity contribution in [3.05, 3.63) is 95.1 Å². The monoisotopic (exact) mass is 389 g/mol. The molecule has 4 rings (SSSR count). The van der Waals surface area contributed by atoms with E-state index in [9.17, 15) is 4.79 Å². The number of carbonyl (C=O) groups is 1. The van der Waals surface area contributed by atoms with Gasteiger partial charge in [-0.3, -0.25) is 4.79 Å². The normalized spacial score (nSPS) is 10.8. The van der Waals surface area contributed by atoms with Crippen molar-refractivity contribution in [3.63, 3.8) is 0 Å². The van der Waals surface area contributed by atoms with Gasteiger partial charge in [0.2, 0.25) is 0 Å². The van der Waals surface area contributed by atoms with Crippen LogP contribution >= 0.6 is 11.6 Å². The smallest absolute Gasteiger partial charge is 0.253 e. The lowest BCUT2D eigenvalue weighted by Crippen LogP contribution is -2.26. The quantitative estimate of drug-likeness (QED) is 0.405. The van der Waals surface area contributed by atoms with E-state index in [-0.39, 0.29) is 5.91 Å². The van der Waals surface area contributed by atoms with Crippen molar-refractivity contribution in [1.29, 1.82) is 0 Å². The first-order valence-corrected chi connectivity index (χ1v) is 9.53. The zero-order valence-corrected chi connectivity index (χ0v) is 16.0. The molecule has 0 fully saturated rings. The molecule has 0 saturated heterocycles. The zero-order chi connectivity index (χ0) is 19.3. The van der Waals surface area contributed by atoms with Crippen LogP contribution in [0.25, 0.3) is 10.9 Å². The van der Waals surface area contributed by atoms with E-state index < -0.39 is 0 Å². The summed E-state index contributed by atoms with van der Waals surface area (Å²) >= 11 is 5.94. The summed E-state index contributed by atoms with van der Waals surface area (Å²) in [4.78, 5) is 16.0. The van der Waals surface area contributed by atoms with Gasteiger partial charge in [0.25, 0.3) is 5.91 Å². The fourth-order valence-corrected chi connectivity index (χ4v) is 3.35. The van der Waals surface area contributed by atoms with Crippen LogP contribution in [0.4, 0.5) is 11.4 Å². The maximum atomic E-state index is 12.7. The Hall–Kier alpha value is -3.24. The molecule has 0 radical (unpaired) electrons. The van der Waals surface area contributed by atoms with Gasteiger partial charge in [0.15, 0.2) is 0 Å². The third-order valence-corrected chi connectivity index (χ3v) is 4.90. The summed E-state index contributed by atoms with van der Waals surface area (Å²) in [5, 5.41) is 8.18. The van der Waals surface area contributed by atoms with Crippen LogP contribution in [0, 0.1) is 0 Å². The van der Waals surface area contributed by atoms with Crippen molar-refractivity contribution in [2.45, 2.75) is 6.42 Å². The Kier molecular flexibility index (Phi) is 5.31. The molecule has 0 unspecified atom stereocenters. The zero-order valence-electron chi connectivity index (χ0n) is 15.2. The largest absolute Gasteiger partial charge is 0.361 e. The topological polar surface area (TPSA) is 56.9 Å². The molecule has 0 aliphatic carbocycles. The molecule has 4 aromatic rings. The number of para-hydroxylation sites is 2. The van der Waals surface area contributed by atoms with E-state index in [1.54, 1.807) is 0 Å². The first-order valence-electron chi connectivity index (χ1n) is 9.15. The number of carbonyl (C=O) groups excluding carboxylic acids is 1. The third-order valence-electron chi connectivity index (χ3n) is 4.65. The van der Waals surface area contributed by atoms with Gasteiger partial charge in [-0.2, -0.15) is 0 Å². The van der Waals surface area contributed by atoms with Gasteiger partial charge in [0.05, 0.1) is 11.3 Å². The second-order valence-electron chi connectivity index (χ2n) is 6.54. The molecule has 1 amide bonds. The average molecular weight is 390 g/mol. The number of nitrogens with one attached hydrogen (secondary N) is 3. The van der Waals surface area contributed by atoms with Crippen molar-refractivity contribution in [2.24, 2.45) is 0 Å². The second kappa shape index (κ2) is 8.19. The van der Waals surface area contributed by atoms with Crippen LogP contribution in [0.2, 0.25) is 5.02 Å². The van der Waals surface area contributed by atoms with Crippen LogP contribution in [0.1, 0.15) is 15.9 Å². The van der Waals surface area contributed by atoms with Crippen LogP contribution in [-0.2, 0) is 6.42 Å². The van der Waals surface area contributed by atoms with E-state index in [1.165, 1.54) is 10.9 Å². The molecule has 0 spiro atoms.